The van der Waals surface area contributed by atoms with E-state index in [-0.39, 0.29) is 0 Å². The highest BCUT2D eigenvalue weighted by Crippen LogP contribution is 2.61. The lowest BCUT2D eigenvalue weighted by Gasteiger charge is -2.51. The molecule has 0 amide bonds. The van der Waals surface area contributed by atoms with Crippen LogP contribution in [0.3, 0.4) is 0 Å². The molecular formula is C31H39N2P2Si2-. The number of benzene rings is 4. The number of rotatable bonds is 8. The lowest BCUT2D eigenvalue weighted by Crippen LogP contribution is -2.30. The SMILES string of the molecule is C[Si](C)(C)N=P(C=P([N-][Si](C)(C)C)(c1ccccc1)c1ccccc1)(c1ccccc1)c1ccccc1. The van der Waals surface area contributed by atoms with Crippen LogP contribution >= 0.6 is 14.1 Å². The summed E-state index contributed by atoms with van der Waals surface area (Å²) in [6, 6.07) is 44.1. The van der Waals surface area contributed by atoms with Crippen LogP contribution in [0.15, 0.2) is 126 Å². The Bertz CT molecular complexity index is 1320. The molecule has 0 aliphatic rings. The maximum atomic E-state index is 5.92. The molecular weight excluding hydrogens is 518 g/mol. The van der Waals surface area contributed by atoms with Gasteiger partial charge in [-0.05, 0) is 21.2 Å². The molecule has 0 heterocycles. The van der Waals surface area contributed by atoms with E-state index in [1.807, 2.05) is 0 Å². The Labute approximate surface area is 226 Å². The maximum Gasteiger partial charge on any atom is 0.171 e. The van der Waals surface area contributed by atoms with Gasteiger partial charge in [-0.2, -0.15) is 0 Å². The Kier molecular flexibility index (Phi) is 8.48. The third kappa shape index (κ3) is 6.63. The Morgan fingerprint density at radius 2 is 0.838 bits per heavy atom. The average molecular weight is 558 g/mol. The molecule has 0 saturated carbocycles. The lowest BCUT2D eigenvalue weighted by molar-refractivity contribution is 1.59. The zero-order chi connectivity index (χ0) is 26.6. The molecule has 0 radical (unpaired) electrons. The van der Waals surface area contributed by atoms with Crippen LogP contribution in [0, 0.1) is 0 Å². The fourth-order valence-electron chi connectivity index (χ4n) is 4.66. The first-order chi connectivity index (χ1) is 17.5. The summed E-state index contributed by atoms with van der Waals surface area (Å²) in [7, 11) is -8.42. The van der Waals surface area contributed by atoms with Gasteiger partial charge in [-0.1, -0.05) is 174 Å². The lowest BCUT2D eigenvalue weighted by atomic mass is 10.4. The monoisotopic (exact) mass is 557 g/mol. The molecule has 0 unspecified atom stereocenters. The second kappa shape index (κ2) is 11.3. The van der Waals surface area contributed by atoms with Gasteiger partial charge in [0.2, 0.25) is 0 Å². The summed E-state index contributed by atoms with van der Waals surface area (Å²) in [6.07, 6.45) is 0. The number of hydrogen-bond donors (Lipinski definition) is 0. The molecule has 6 heteroatoms. The quantitative estimate of drug-likeness (QED) is 0.154. The van der Waals surface area contributed by atoms with Crippen molar-refractivity contribution in [3.05, 3.63) is 126 Å². The van der Waals surface area contributed by atoms with E-state index in [4.69, 9.17) is 9.16 Å². The van der Waals surface area contributed by atoms with Crippen molar-refractivity contribution < 1.29 is 0 Å². The van der Waals surface area contributed by atoms with Crippen molar-refractivity contribution in [2.45, 2.75) is 39.3 Å². The molecule has 4 aromatic carbocycles. The largest absolute Gasteiger partial charge is 0.631 e. The molecule has 37 heavy (non-hydrogen) atoms. The minimum absolute atomic E-state index is 1.31. The molecule has 0 aliphatic carbocycles. The first-order valence-corrected chi connectivity index (χ1v) is 23.4. The van der Waals surface area contributed by atoms with Gasteiger partial charge in [0.05, 0.1) is 0 Å². The predicted molar refractivity (Wildman–Crippen MR) is 177 cm³/mol. The fourth-order valence-corrected chi connectivity index (χ4v) is 22.6. The molecule has 2 nitrogen and oxygen atoms in total. The van der Waals surface area contributed by atoms with Crippen molar-refractivity contribution in [1.82, 2.24) is 0 Å². The molecule has 0 aromatic heterocycles. The topological polar surface area (TPSA) is 26.5 Å². The minimum atomic E-state index is -2.32. The predicted octanol–water partition coefficient (Wildman–Crippen LogP) is 8.23. The van der Waals surface area contributed by atoms with E-state index >= 15 is 0 Å². The first kappa shape index (κ1) is 27.8. The molecule has 0 bridgehead atoms. The van der Waals surface area contributed by atoms with Gasteiger partial charge in [0.15, 0.2) is 8.24 Å². The maximum absolute atomic E-state index is 5.92. The van der Waals surface area contributed by atoms with E-state index in [2.05, 4.69) is 166 Å². The van der Waals surface area contributed by atoms with Crippen molar-refractivity contribution in [1.29, 1.82) is 0 Å². The van der Waals surface area contributed by atoms with E-state index in [0.29, 0.717) is 0 Å². The van der Waals surface area contributed by atoms with E-state index < -0.39 is 30.6 Å². The van der Waals surface area contributed by atoms with Crippen LogP contribution in [-0.2, 0) is 0 Å². The molecule has 0 N–H and O–H groups in total. The summed E-state index contributed by atoms with van der Waals surface area (Å²) >= 11 is 0. The summed E-state index contributed by atoms with van der Waals surface area (Å²) in [5.74, 6) is 0. The summed E-state index contributed by atoms with van der Waals surface area (Å²) in [5.41, 5.74) is 2.69. The Balaban J connectivity index is 2.30. The summed E-state index contributed by atoms with van der Waals surface area (Å²) in [5, 5.41) is 5.24. The van der Waals surface area contributed by atoms with Crippen molar-refractivity contribution in [3.8, 4) is 0 Å². The highest BCUT2D eigenvalue weighted by atomic mass is 31.2. The molecule has 0 aliphatic heterocycles. The highest BCUT2D eigenvalue weighted by Gasteiger charge is 2.30. The molecule has 0 spiro atoms. The van der Waals surface area contributed by atoms with Crippen LogP contribution < -0.4 is 21.2 Å². The van der Waals surface area contributed by atoms with Crippen LogP contribution in [0.25, 0.3) is 4.75 Å². The fraction of sp³-hybridized carbons (Fsp3) is 0.194. The van der Waals surface area contributed by atoms with Crippen molar-refractivity contribution >= 4 is 57.3 Å². The second-order valence-electron chi connectivity index (χ2n) is 11.4. The third-order valence-electron chi connectivity index (χ3n) is 5.85. The Morgan fingerprint density at radius 1 is 0.514 bits per heavy atom. The van der Waals surface area contributed by atoms with Gasteiger partial charge >= 0.3 is 0 Å². The van der Waals surface area contributed by atoms with Gasteiger partial charge in [0.1, 0.15) is 0 Å². The zero-order valence-corrected chi connectivity index (χ0v) is 26.7. The van der Waals surface area contributed by atoms with Gasteiger partial charge in [0, 0.05) is 7.05 Å². The van der Waals surface area contributed by atoms with Crippen molar-refractivity contribution in [2.75, 3.05) is 0 Å². The molecule has 0 atom stereocenters. The summed E-state index contributed by atoms with van der Waals surface area (Å²) in [4.78, 5) is 0. The standard InChI is InChI=1S/C31H39N2P2Si2/c1-36(2,3)32-34(28-19-11-7-12-20-28,29-21-13-8-14-22-29)27-35(33-37(4,5)6,30-23-15-9-16-24-30)31-25-17-10-18-26-31/h7-27H,1-6H3/q-1. The Morgan fingerprint density at radius 3 is 1.14 bits per heavy atom. The third-order valence-corrected chi connectivity index (χ3v) is 20.2. The molecule has 4 aromatic rings. The molecule has 192 valence electrons. The van der Waals surface area contributed by atoms with E-state index in [9.17, 15) is 0 Å². The van der Waals surface area contributed by atoms with Crippen LogP contribution in [0.1, 0.15) is 0 Å². The van der Waals surface area contributed by atoms with Gasteiger partial charge in [-0.25, -0.2) is 0 Å². The van der Waals surface area contributed by atoms with Crippen LogP contribution in [0.4, 0.5) is 0 Å². The summed E-state index contributed by atoms with van der Waals surface area (Å²) < 4.78 is 11.8. The van der Waals surface area contributed by atoms with Crippen LogP contribution in [0.5, 0.6) is 0 Å². The van der Waals surface area contributed by atoms with E-state index in [1.54, 1.807) is 0 Å². The van der Waals surface area contributed by atoms with Crippen molar-refractivity contribution in [3.63, 3.8) is 0 Å². The number of hydrogen-bond acceptors (Lipinski definition) is 1. The zero-order valence-electron chi connectivity index (χ0n) is 22.9. The minimum Gasteiger partial charge on any atom is -0.631 e. The van der Waals surface area contributed by atoms with Crippen LogP contribution in [0.2, 0.25) is 39.3 Å². The second-order valence-corrected chi connectivity index (χ2v) is 27.4. The average Bonchev–Trinajstić information content (AvgIpc) is 2.88. The first-order valence-electron chi connectivity index (χ1n) is 12.9. The van der Waals surface area contributed by atoms with E-state index in [1.165, 1.54) is 21.2 Å². The normalized spacial score (nSPS) is 12.7. The molecule has 0 fully saturated rings. The highest BCUT2D eigenvalue weighted by molar-refractivity contribution is 8.10. The van der Waals surface area contributed by atoms with Gasteiger partial charge < -0.3 is 9.16 Å². The molecule has 0 saturated heterocycles. The van der Waals surface area contributed by atoms with Gasteiger partial charge in [-0.3, -0.25) is 0 Å². The van der Waals surface area contributed by atoms with Gasteiger partial charge in [-0.15, -0.1) is 7.04 Å². The van der Waals surface area contributed by atoms with Crippen molar-refractivity contribution in [2.24, 2.45) is 4.41 Å². The molecule has 4 rings (SSSR count). The Hall–Kier alpha value is -2.20. The summed E-state index contributed by atoms with van der Waals surface area (Å²) in [6.45, 7) is 14.2. The number of nitrogens with zero attached hydrogens (tertiary/aromatic N) is 2. The van der Waals surface area contributed by atoms with Gasteiger partial charge in [0.25, 0.3) is 0 Å². The van der Waals surface area contributed by atoms with E-state index in [0.717, 1.165) is 0 Å². The van der Waals surface area contributed by atoms with Crippen LogP contribution in [-0.4, -0.2) is 22.0 Å². The smallest absolute Gasteiger partial charge is 0.171 e.